The second-order valence-electron chi connectivity index (χ2n) is 8.94. The van der Waals surface area contributed by atoms with Gasteiger partial charge in [0.15, 0.2) is 5.84 Å². The molecule has 0 bridgehead atoms. The fraction of sp³-hybridized carbons (Fsp3) is 0.138. The van der Waals surface area contributed by atoms with E-state index in [-0.39, 0.29) is 37.5 Å². The molecule has 0 aliphatic carbocycles. The molecule has 0 aliphatic rings. The minimum atomic E-state index is -4.17. The molecular formula is C29H28N2O6S2. The molecule has 8 nitrogen and oxygen atoms in total. The van der Waals surface area contributed by atoms with Crippen molar-refractivity contribution >= 4 is 31.4 Å². The molecule has 4 rings (SSSR count). The number of ether oxygens (including phenoxy) is 1. The van der Waals surface area contributed by atoms with Gasteiger partial charge in [-0.3, -0.25) is 0 Å². The van der Waals surface area contributed by atoms with E-state index in [0.717, 1.165) is 5.56 Å². The molecule has 202 valence electrons. The molecule has 39 heavy (non-hydrogen) atoms. The Morgan fingerprint density at radius 2 is 1.41 bits per heavy atom. The normalized spacial score (nSPS) is 12.3. The maximum Gasteiger partial charge on any atom is 0.284 e. The number of amidine groups is 1. The van der Waals surface area contributed by atoms with Crippen LogP contribution in [0.4, 0.5) is 5.69 Å². The van der Waals surface area contributed by atoms with Gasteiger partial charge in [-0.2, -0.15) is 8.42 Å². The lowest BCUT2D eigenvalue weighted by atomic mass is 10.1. The van der Waals surface area contributed by atoms with Crippen molar-refractivity contribution in [2.24, 2.45) is 4.40 Å². The van der Waals surface area contributed by atoms with E-state index < -0.39 is 19.9 Å². The molecule has 2 N–H and O–H groups in total. The van der Waals surface area contributed by atoms with Gasteiger partial charge >= 0.3 is 0 Å². The Bertz CT molecular complexity index is 1750. The minimum Gasteiger partial charge on any atom is -0.506 e. The number of benzene rings is 4. The quantitative estimate of drug-likeness (QED) is 0.175. The van der Waals surface area contributed by atoms with Crippen LogP contribution in [0.1, 0.15) is 22.3 Å². The van der Waals surface area contributed by atoms with Gasteiger partial charge in [0, 0.05) is 11.3 Å². The smallest absolute Gasteiger partial charge is 0.284 e. The number of hydrogen-bond acceptors (Lipinski definition) is 6. The van der Waals surface area contributed by atoms with E-state index >= 15 is 0 Å². The number of phenolic OH excluding ortho intramolecular Hbond substituents is 1. The highest BCUT2D eigenvalue weighted by Gasteiger charge is 2.28. The van der Waals surface area contributed by atoms with Gasteiger partial charge in [-0.1, -0.05) is 48.0 Å². The van der Waals surface area contributed by atoms with E-state index in [9.17, 15) is 21.9 Å². The standard InChI is InChI=1S/C29H28N2O6S2/c1-19-10-14-24(15-11-19)38(33,34)28-21(3)26(18-20(2)27(28)32)30-29(22-8-6-5-7-9-22)31-39(35,36)25-16-12-23(37-4)13-17-25/h5-18,32H,1-4H3,(H,30,31). The Morgan fingerprint density at radius 1 is 0.821 bits per heavy atom. The highest BCUT2D eigenvalue weighted by Crippen LogP contribution is 2.38. The van der Waals surface area contributed by atoms with Crippen molar-refractivity contribution in [1.82, 2.24) is 0 Å². The van der Waals surface area contributed by atoms with Crippen LogP contribution in [0, 0.1) is 20.8 Å². The van der Waals surface area contributed by atoms with Crippen LogP contribution in [-0.4, -0.2) is 34.9 Å². The van der Waals surface area contributed by atoms with Crippen molar-refractivity contribution in [3.63, 3.8) is 0 Å². The number of anilines is 1. The molecule has 10 heteroatoms. The highest BCUT2D eigenvalue weighted by molar-refractivity contribution is 7.91. The van der Waals surface area contributed by atoms with Crippen molar-refractivity contribution in [3.8, 4) is 11.5 Å². The van der Waals surface area contributed by atoms with Crippen molar-refractivity contribution in [2.45, 2.75) is 35.5 Å². The van der Waals surface area contributed by atoms with Gasteiger partial charge in [-0.05, 0) is 74.4 Å². The summed E-state index contributed by atoms with van der Waals surface area (Å²) >= 11 is 0. The third kappa shape index (κ3) is 5.81. The van der Waals surface area contributed by atoms with Crippen LogP contribution >= 0.6 is 0 Å². The lowest BCUT2D eigenvalue weighted by Gasteiger charge is -2.18. The first-order valence-electron chi connectivity index (χ1n) is 11.9. The number of rotatable bonds is 7. The van der Waals surface area contributed by atoms with E-state index in [4.69, 9.17) is 4.74 Å². The Balaban J connectivity index is 1.86. The van der Waals surface area contributed by atoms with Crippen LogP contribution in [0.25, 0.3) is 0 Å². The van der Waals surface area contributed by atoms with Gasteiger partial charge in [0.05, 0.1) is 16.9 Å². The first kappa shape index (κ1) is 27.9. The zero-order chi connectivity index (χ0) is 28.4. The predicted molar refractivity (Wildman–Crippen MR) is 151 cm³/mol. The molecule has 0 aliphatic heterocycles. The summed E-state index contributed by atoms with van der Waals surface area (Å²) in [6.07, 6.45) is 0. The van der Waals surface area contributed by atoms with Crippen LogP contribution in [0.2, 0.25) is 0 Å². The SMILES string of the molecule is COc1ccc(S(=O)(=O)N=C(Nc2cc(C)c(O)c(S(=O)(=O)c3ccc(C)cc3)c2C)c2ccccc2)cc1. The number of sulfonamides is 1. The molecule has 0 unspecified atom stereocenters. The lowest BCUT2D eigenvalue weighted by Crippen LogP contribution is -2.18. The summed E-state index contributed by atoms with van der Waals surface area (Å²) in [4.78, 5) is -0.277. The molecule has 0 fully saturated rings. The number of aryl methyl sites for hydroxylation is 2. The van der Waals surface area contributed by atoms with Gasteiger partial charge in [-0.15, -0.1) is 4.40 Å². The zero-order valence-corrected chi connectivity index (χ0v) is 23.5. The highest BCUT2D eigenvalue weighted by atomic mass is 32.2. The second-order valence-corrected chi connectivity index (χ2v) is 12.4. The number of aromatic hydroxyl groups is 1. The summed E-state index contributed by atoms with van der Waals surface area (Å²) in [5, 5.41) is 13.9. The topological polar surface area (TPSA) is 122 Å². The van der Waals surface area contributed by atoms with Gasteiger partial charge in [0.2, 0.25) is 9.84 Å². The first-order valence-corrected chi connectivity index (χ1v) is 14.8. The summed E-state index contributed by atoms with van der Waals surface area (Å²) in [7, 11) is -6.79. The molecule has 0 heterocycles. The molecule has 0 radical (unpaired) electrons. The summed E-state index contributed by atoms with van der Waals surface area (Å²) in [5.74, 6) is 0.109. The number of methoxy groups -OCH3 is 1. The van der Waals surface area contributed by atoms with E-state index in [1.807, 2.05) is 6.92 Å². The molecular weight excluding hydrogens is 536 g/mol. The van der Waals surface area contributed by atoms with Crippen LogP contribution < -0.4 is 10.1 Å². The summed E-state index contributed by atoms with van der Waals surface area (Å²) in [5.41, 5.74) is 2.14. The van der Waals surface area contributed by atoms with Crippen LogP contribution in [0.5, 0.6) is 11.5 Å². The van der Waals surface area contributed by atoms with Crippen LogP contribution in [0.3, 0.4) is 0 Å². The fourth-order valence-electron chi connectivity index (χ4n) is 3.96. The van der Waals surface area contributed by atoms with E-state index in [2.05, 4.69) is 9.71 Å². The monoisotopic (exact) mass is 564 g/mol. The molecule has 0 spiro atoms. The van der Waals surface area contributed by atoms with E-state index in [1.165, 1.54) is 43.5 Å². The summed E-state index contributed by atoms with van der Waals surface area (Å²) in [6.45, 7) is 4.96. The van der Waals surface area contributed by atoms with Crippen molar-refractivity contribution in [3.05, 3.63) is 107 Å². The van der Waals surface area contributed by atoms with E-state index in [0.29, 0.717) is 16.9 Å². The molecule has 4 aromatic carbocycles. The number of nitrogens with zero attached hydrogens (tertiary/aromatic N) is 1. The van der Waals surface area contributed by atoms with Gasteiger partial charge in [0.1, 0.15) is 16.4 Å². The molecule has 0 aromatic heterocycles. The van der Waals surface area contributed by atoms with Gasteiger partial charge in [0.25, 0.3) is 10.0 Å². The van der Waals surface area contributed by atoms with Crippen molar-refractivity contribution < 1.29 is 26.7 Å². The predicted octanol–water partition coefficient (Wildman–Crippen LogP) is 5.41. The van der Waals surface area contributed by atoms with Gasteiger partial charge in [-0.25, -0.2) is 8.42 Å². The third-order valence-electron chi connectivity index (χ3n) is 6.16. The Labute approximate surface area is 228 Å². The second kappa shape index (κ2) is 10.9. The third-order valence-corrected chi connectivity index (χ3v) is 9.38. The van der Waals surface area contributed by atoms with Crippen molar-refractivity contribution in [2.75, 3.05) is 12.4 Å². The molecule has 0 atom stereocenters. The Hall–Kier alpha value is -4.15. The number of hydrogen-bond donors (Lipinski definition) is 2. The lowest BCUT2D eigenvalue weighted by molar-refractivity contribution is 0.414. The summed E-state index contributed by atoms with van der Waals surface area (Å²) < 4.78 is 62.9. The average Bonchev–Trinajstić information content (AvgIpc) is 2.92. The fourth-order valence-corrected chi connectivity index (χ4v) is 6.59. The van der Waals surface area contributed by atoms with Crippen molar-refractivity contribution in [1.29, 1.82) is 0 Å². The van der Waals surface area contributed by atoms with Gasteiger partial charge < -0.3 is 15.2 Å². The maximum absolute atomic E-state index is 13.6. The molecule has 0 saturated carbocycles. The maximum atomic E-state index is 13.6. The van der Waals surface area contributed by atoms with Crippen LogP contribution in [0.15, 0.2) is 104 Å². The van der Waals surface area contributed by atoms with Crippen LogP contribution in [-0.2, 0) is 19.9 Å². The number of nitrogens with one attached hydrogen (secondary N) is 1. The van der Waals surface area contributed by atoms with E-state index in [1.54, 1.807) is 62.4 Å². The first-order chi connectivity index (χ1) is 18.4. The zero-order valence-electron chi connectivity index (χ0n) is 21.8. The largest absolute Gasteiger partial charge is 0.506 e. The Morgan fingerprint density at radius 3 is 2.00 bits per heavy atom. The molecule has 4 aromatic rings. The summed E-state index contributed by atoms with van der Waals surface area (Å²) in [6, 6.07) is 22.3. The Kier molecular flexibility index (Phi) is 7.80. The number of phenols is 1. The minimum absolute atomic E-state index is 0.0155. The number of sulfone groups is 1. The molecule has 0 amide bonds. The average molecular weight is 565 g/mol. The molecule has 0 saturated heterocycles.